The average molecular weight is 271 g/mol. The van der Waals surface area contributed by atoms with Crippen LogP contribution in [0.4, 0.5) is 13.2 Å². The minimum absolute atomic E-state index is 0.171. The van der Waals surface area contributed by atoms with E-state index in [0.717, 1.165) is 29.9 Å². The van der Waals surface area contributed by atoms with Gasteiger partial charge in [-0.15, -0.1) is 0 Å². The smallest absolute Gasteiger partial charge is 0.416 e. The van der Waals surface area contributed by atoms with Crippen LogP contribution in [0.15, 0.2) is 36.1 Å². The summed E-state index contributed by atoms with van der Waals surface area (Å²) in [5.74, 6) is 0.793. The topological polar surface area (TPSA) is 21.3 Å². The third-order valence-corrected chi connectivity index (χ3v) is 3.00. The van der Waals surface area contributed by atoms with Crippen molar-refractivity contribution in [2.24, 2.45) is 0 Å². The number of ether oxygens (including phenoxy) is 1. The highest BCUT2D eigenvalue weighted by Gasteiger charge is 2.30. The van der Waals surface area contributed by atoms with Gasteiger partial charge in [-0.3, -0.25) is 0 Å². The molecule has 2 nitrogen and oxygen atoms in total. The fourth-order valence-electron chi connectivity index (χ4n) is 2.09. The maximum absolute atomic E-state index is 12.5. The first-order chi connectivity index (χ1) is 9.02. The standard InChI is InChI=1S/C14H16F3NO/c1-2-18-13(12-4-3-9-19-12)10-5-7-11(8-6-10)14(15,16)17/h4-8,13,18H,2-3,9H2,1H3. The van der Waals surface area contributed by atoms with Crippen LogP contribution in [0.25, 0.3) is 0 Å². The van der Waals surface area contributed by atoms with Gasteiger partial charge in [0.1, 0.15) is 5.76 Å². The summed E-state index contributed by atoms with van der Waals surface area (Å²) in [6, 6.07) is 5.04. The molecule has 0 spiro atoms. The molecule has 0 radical (unpaired) electrons. The van der Waals surface area contributed by atoms with E-state index < -0.39 is 11.7 Å². The van der Waals surface area contributed by atoms with E-state index in [1.165, 1.54) is 12.1 Å². The lowest BCUT2D eigenvalue weighted by atomic mass is 10.0. The zero-order chi connectivity index (χ0) is 13.9. The molecule has 0 saturated heterocycles. The van der Waals surface area contributed by atoms with Gasteiger partial charge >= 0.3 is 6.18 Å². The van der Waals surface area contributed by atoms with Crippen LogP contribution in [0.3, 0.4) is 0 Å². The van der Waals surface area contributed by atoms with E-state index in [2.05, 4.69) is 5.32 Å². The first-order valence-electron chi connectivity index (χ1n) is 6.25. The van der Waals surface area contributed by atoms with Gasteiger partial charge in [0.05, 0.1) is 18.2 Å². The molecule has 1 aliphatic heterocycles. The summed E-state index contributed by atoms with van der Waals surface area (Å²) in [4.78, 5) is 0. The van der Waals surface area contributed by atoms with E-state index >= 15 is 0 Å². The Labute approximate surface area is 110 Å². The number of halogens is 3. The Morgan fingerprint density at radius 2 is 1.95 bits per heavy atom. The molecule has 0 amide bonds. The lowest BCUT2D eigenvalue weighted by Gasteiger charge is -2.20. The zero-order valence-corrected chi connectivity index (χ0v) is 10.6. The Balaban J connectivity index is 2.22. The molecule has 104 valence electrons. The Kier molecular flexibility index (Phi) is 4.14. The van der Waals surface area contributed by atoms with Gasteiger partial charge in [0.25, 0.3) is 0 Å². The average Bonchev–Trinajstić information content (AvgIpc) is 2.89. The van der Waals surface area contributed by atoms with Crippen molar-refractivity contribution in [2.75, 3.05) is 13.2 Å². The van der Waals surface area contributed by atoms with E-state index in [4.69, 9.17) is 4.74 Å². The molecule has 5 heteroatoms. The molecule has 0 aliphatic carbocycles. The van der Waals surface area contributed by atoms with Crippen LogP contribution >= 0.6 is 0 Å². The molecule has 0 fully saturated rings. The Morgan fingerprint density at radius 3 is 2.42 bits per heavy atom. The summed E-state index contributed by atoms with van der Waals surface area (Å²) in [6.07, 6.45) is -1.47. The van der Waals surface area contributed by atoms with Gasteiger partial charge in [0.2, 0.25) is 0 Å². The van der Waals surface area contributed by atoms with Gasteiger partial charge < -0.3 is 10.1 Å². The second-order valence-corrected chi connectivity index (χ2v) is 4.35. The minimum Gasteiger partial charge on any atom is -0.496 e. The number of benzene rings is 1. The van der Waals surface area contributed by atoms with Crippen LogP contribution in [0.2, 0.25) is 0 Å². The largest absolute Gasteiger partial charge is 0.496 e. The van der Waals surface area contributed by atoms with Crippen molar-refractivity contribution in [3.63, 3.8) is 0 Å². The summed E-state index contributed by atoms with van der Waals surface area (Å²) in [5, 5.41) is 3.22. The van der Waals surface area contributed by atoms with Gasteiger partial charge in [0.15, 0.2) is 0 Å². The van der Waals surface area contributed by atoms with Crippen molar-refractivity contribution < 1.29 is 17.9 Å². The molecule has 1 aliphatic rings. The molecule has 1 unspecified atom stereocenters. The maximum atomic E-state index is 12.5. The van der Waals surface area contributed by atoms with Crippen LogP contribution in [-0.2, 0) is 10.9 Å². The highest BCUT2D eigenvalue weighted by molar-refractivity contribution is 5.31. The van der Waals surface area contributed by atoms with Crippen molar-refractivity contribution in [2.45, 2.75) is 25.6 Å². The summed E-state index contributed by atoms with van der Waals surface area (Å²) in [5.41, 5.74) is 0.149. The summed E-state index contributed by atoms with van der Waals surface area (Å²) >= 11 is 0. The Bertz CT molecular complexity index is 451. The predicted octanol–water partition coefficient (Wildman–Crippen LogP) is 3.66. The summed E-state index contributed by atoms with van der Waals surface area (Å²) < 4.78 is 43.0. The third kappa shape index (κ3) is 3.29. The molecule has 0 bridgehead atoms. The van der Waals surface area contributed by atoms with Gasteiger partial charge in [-0.25, -0.2) is 0 Å². The quantitative estimate of drug-likeness (QED) is 0.902. The molecule has 1 heterocycles. The second-order valence-electron chi connectivity index (χ2n) is 4.35. The lowest BCUT2D eigenvalue weighted by molar-refractivity contribution is -0.137. The molecule has 2 rings (SSSR count). The zero-order valence-electron chi connectivity index (χ0n) is 10.6. The fourth-order valence-corrected chi connectivity index (χ4v) is 2.09. The van der Waals surface area contributed by atoms with Crippen LogP contribution in [-0.4, -0.2) is 13.2 Å². The first kappa shape index (κ1) is 13.9. The number of hydrogen-bond acceptors (Lipinski definition) is 2. The van der Waals surface area contributed by atoms with Gasteiger partial charge in [-0.1, -0.05) is 19.1 Å². The van der Waals surface area contributed by atoms with E-state index in [1.54, 1.807) is 0 Å². The molecular formula is C14H16F3NO. The number of nitrogens with one attached hydrogen (secondary N) is 1. The Hall–Kier alpha value is -1.49. The molecule has 0 aromatic heterocycles. The Morgan fingerprint density at radius 1 is 1.26 bits per heavy atom. The monoisotopic (exact) mass is 271 g/mol. The molecule has 1 atom stereocenters. The highest BCUT2D eigenvalue weighted by atomic mass is 19.4. The molecule has 0 saturated carbocycles. The lowest BCUT2D eigenvalue weighted by Crippen LogP contribution is -2.23. The van der Waals surface area contributed by atoms with Gasteiger partial charge in [-0.2, -0.15) is 13.2 Å². The summed E-state index contributed by atoms with van der Waals surface area (Å²) in [6.45, 7) is 3.30. The predicted molar refractivity (Wildman–Crippen MR) is 66.5 cm³/mol. The SMILES string of the molecule is CCNC(C1=CCCO1)c1ccc(C(F)(F)F)cc1. The number of likely N-dealkylation sites (N-methyl/N-ethyl adjacent to an activating group) is 1. The maximum Gasteiger partial charge on any atom is 0.416 e. The van der Waals surface area contributed by atoms with Crippen molar-refractivity contribution in [3.05, 3.63) is 47.2 Å². The highest BCUT2D eigenvalue weighted by Crippen LogP contribution is 2.32. The van der Waals surface area contributed by atoms with Crippen molar-refractivity contribution in [1.29, 1.82) is 0 Å². The molecule has 1 N–H and O–H groups in total. The van der Waals surface area contributed by atoms with E-state index in [1.807, 2.05) is 13.0 Å². The van der Waals surface area contributed by atoms with E-state index in [-0.39, 0.29) is 6.04 Å². The number of hydrogen-bond donors (Lipinski definition) is 1. The van der Waals surface area contributed by atoms with E-state index in [0.29, 0.717) is 13.2 Å². The van der Waals surface area contributed by atoms with E-state index in [9.17, 15) is 13.2 Å². The number of alkyl halides is 3. The summed E-state index contributed by atoms with van der Waals surface area (Å²) in [7, 11) is 0. The second kappa shape index (κ2) is 5.65. The van der Waals surface area contributed by atoms with Crippen molar-refractivity contribution >= 4 is 0 Å². The molecule has 1 aromatic carbocycles. The first-order valence-corrected chi connectivity index (χ1v) is 6.25. The fraction of sp³-hybridized carbons (Fsp3) is 0.429. The van der Waals surface area contributed by atoms with Crippen molar-refractivity contribution in [3.8, 4) is 0 Å². The normalized spacial score (nSPS) is 16.9. The van der Waals surface area contributed by atoms with Gasteiger partial charge in [-0.05, 0) is 30.3 Å². The van der Waals surface area contributed by atoms with Crippen LogP contribution in [0, 0.1) is 0 Å². The minimum atomic E-state index is -4.30. The molecule has 1 aromatic rings. The molecule has 19 heavy (non-hydrogen) atoms. The molecular weight excluding hydrogens is 255 g/mol. The van der Waals surface area contributed by atoms with Crippen LogP contribution < -0.4 is 5.32 Å². The van der Waals surface area contributed by atoms with Crippen LogP contribution in [0.5, 0.6) is 0 Å². The van der Waals surface area contributed by atoms with Crippen LogP contribution in [0.1, 0.15) is 30.5 Å². The number of rotatable bonds is 4. The van der Waals surface area contributed by atoms with Crippen molar-refractivity contribution in [1.82, 2.24) is 5.32 Å². The third-order valence-electron chi connectivity index (χ3n) is 3.00. The van der Waals surface area contributed by atoms with Gasteiger partial charge in [0, 0.05) is 6.42 Å².